The van der Waals surface area contributed by atoms with E-state index in [0.29, 0.717) is 25.3 Å². The van der Waals surface area contributed by atoms with Crippen molar-refractivity contribution < 1.29 is 9.53 Å². The fourth-order valence-electron chi connectivity index (χ4n) is 1.79. The number of carbonyl (C=O) groups is 1. The summed E-state index contributed by atoms with van der Waals surface area (Å²) in [6.45, 7) is 4.67. The van der Waals surface area contributed by atoms with Gasteiger partial charge in [-0.2, -0.15) is 0 Å². The van der Waals surface area contributed by atoms with Crippen LogP contribution in [0, 0.1) is 6.92 Å². The van der Waals surface area contributed by atoms with E-state index in [1.165, 1.54) is 0 Å². The van der Waals surface area contributed by atoms with E-state index >= 15 is 0 Å². The Morgan fingerprint density at radius 3 is 3.05 bits per heavy atom. The quantitative estimate of drug-likeness (QED) is 0.649. The van der Waals surface area contributed by atoms with E-state index in [2.05, 4.69) is 10.3 Å². The van der Waals surface area contributed by atoms with Gasteiger partial charge in [0.05, 0.1) is 39.6 Å². The van der Waals surface area contributed by atoms with Crippen LogP contribution in [0.3, 0.4) is 0 Å². The predicted molar refractivity (Wildman–Crippen MR) is 78.5 cm³/mol. The molecule has 0 aliphatic rings. The number of rotatable bonds is 5. The minimum absolute atomic E-state index is 0.209. The maximum atomic E-state index is 11.2. The zero-order valence-corrected chi connectivity index (χ0v) is 11.8. The lowest BCUT2D eigenvalue weighted by atomic mass is 10.2. The van der Waals surface area contributed by atoms with Gasteiger partial charge in [0.2, 0.25) is 0 Å². The Labute approximate surface area is 115 Å². The highest BCUT2D eigenvalue weighted by Gasteiger charge is 2.07. The summed E-state index contributed by atoms with van der Waals surface area (Å²) in [6.07, 6.45) is 0.321. The maximum absolute atomic E-state index is 11.2. The van der Waals surface area contributed by atoms with Crippen molar-refractivity contribution in [2.75, 3.05) is 24.2 Å². The summed E-state index contributed by atoms with van der Waals surface area (Å²) in [5.41, 5.74) is 8.37. The second kappa shape index (κ2) is 5.88. The molecule has 2 aromatic rings. The molecule has 1 heterocycles. The minimum atomic E-state index is -0.209. The number of benzene rings is 1. The van der Waals surface area contributed by atoms with E-state index < -0.39 is 0 Å². The zero-order chi connectivity index (χ0) is 13.8. The number of carbonyl (C=O) groups excluding carboxylic acids is 1. The Morgan fingerprint density at radius 2 is 2.32 bits per heavy atom. The number of aryl methyl sites for hydroxylation is 1. The van der Waals surface area contributed by atoms with E-state index in [-0.39, 0.29) is 5.97 Å². The van der Waals surface area contributed by atoms with Crippen LogP contribution in [-0.2, 0) is 9.53 Å². The molecule has 0 saturated heterocycles. The molecule has 0 bridgehead atoms. The Bertz CT molecular complexity index is 595. The second-order valence-electron chi connectivity index (χ2n) is 4.12. The fraction of sp³-hybridized carbons (Fsp3) is 0.385. The Kier molecular flexibility index (Phi) is 4.21. The van der Waals surface area contributed by atoms with Gasteiger partial charge in [-0.1, -0.05) is 0 Å². The summed E-state index contributed by atoms with van der Waals surface area (Å²) in [4.78, 5) is 15.6. The van der Waals surface area contributed by atoms with Crippen LogP contribution in [0.25, 0.3) is 10.2 Å². The van der Waals surface area contributed by atoms with Crippen molar-refractivity contribution in [3.63, 3.8) is 0 Å². The van der Waals surface area contributed by atoms with Crippen LogP contribution >= 0.6 is 11.3 Å². The van der Waals surface area contributed by atoms with Gasteiger partial charge in [-0.05, 0) is 26.0 Å². The number of anilines is 2. The van der Waals surface area contributed by atoms with Gasteiger partial charge < -0.3 is 15.8 Å². The summed E-state index contributed by atoms with van der Waals surface area (Å²) in [5.74, 6) is -0.209. The number of nitrogens with zero attached hydrogens (tertiary/aromatic N) is 1. The summed E-state index contributed by atoms with van der Waals surface area (Å²) in [7, 11) is 0. The number of nitrogens with one attached hydrogen (secondary N) is 1. The van der Waals surface area contributed by atoms with E-state index in [9.17, 15) is 4.79 Å². The maximum Gasteiger partial charge on any atom is 0.307 e. The number of esters is 1. The number of aromatic nitrogens is 1. The molecule has 5 nitrogen and oxygen atoms in total. The predicted octanol–water partition coefficient (Wildman–Crippen LogP) is 2.55. The molecule has 0 radical (unpaired) electrons. The highest BCUT2D eigenvalue weighted by atomic mass is 32.1. The van der Waals surface area contributed by atoms with Crippen molar-refractivity contribution in [1.82, 2.24) is 4.98 Å². The first-order valence-electron chi connectivity index (χ1n) is 6.16. The summed E-state index contributed by atoms with van der Waals surface area (Å²) in [5, 5.41) is 4.15. The van der Waals surface area contributed by atoms with Crippen molar-refractivity contribution in [2.45, 2.75) is 20.3 Å². The first-order valence-corrected chi connectivity index (χ1v) is 6.98. The number of nitrogens with two attached hydrogens (primary N) is 1. The molecule has 0 amide bonds. The highest BCUT2D eigenvalue weighted by molar-refractivity contribution is 7.18. The molecule has 0 saturated carbocycles. The molecule has 0 aliphatic heterocycles. The van der Waals surface area contributed by atoms with Gasteiger partial charge in [-0.3, -0.25) is 4.79 Å². The van der Waals surface area contributed by atoms with Crippen molar-refractivity contribution in [3.8, 4) is 0 Å². The summed E-state index contributed by atoms with van der Waals surface area (Å²) in [6, 6.07) is 3.83. The molecule has 19 heavy (non-hydrogen) atoms. The monoisotopic (exact) mass is 279 g/mol. The zero-order valence-electron chi connectivity index (χ0n) is 11.0. The third-order valence-electron chi connectivity index (χ3n) is 2.62. The first kappa shape index (κ1) is 13.6. The summed E-state index contributed by atoms with van der Waals surface area (Å²) < 4.78 is 5.94. The molecule has 0 aliphatic carbocycles. The van der Waals surface area contributed by atoms with Crippen LogP contribution in [0.15, 0.2) is 12.1 Å². The first-order chi connectivity index (χ1) is 9.10. The van der Waals surface area contributed by atoms with Gasteiger partial charge in [0.25, 0.3) is 0 Å². The molecule has 0 unspecified atom stereocenters. The number of ether oxygens (including phenoxy) is 1. The van der Waals surface area contributed by atoms with Gasteiger partial charge in [0, 0.05) is 6.54 Å². The molecule has 2 rings (SSSR count). The normalized spacial score (nSPS) is 10.6. The van der Waals surface area contributed by atoms with Gasteiger partial charge in [-0.15, -0.1) is 11.3 Å². The average Bonchev–Trinajstić information content (AvgIpc) is 2.69. The topological polar surface area (TPSA) is 77.2 Å². The van der Waals surface area contributed by atoms with E-state index in [1.807, 2.05) is 19.1 Å². The van der Waals surface area contributed by atoms with Crippen molar-refractivity contribution in [3.05, 3.63) is 17.1 Å². The van der Waals surface area contributed by atoms with Crippen molar-refractivity contribution in [1.29, 1.82) is 0 Å². The lowest BCUT2D eigenvalue weighted by Crippen LogP contribution is -2.12. The van der Waals surface area contributed by atoms with Crippen LogP contribution in [0.4, 0.5) is 11.4 Å². The lowest BCUT2D eigenvalue weighted by molar-refractivity contribution is -0.142. The van der Waals surface area contributed by atoms with Gasteiger partial charge in [0.15, 0.2) is 0 Å². The number of fused-ring (bicyclic) bond motifs is 1. The molecule has 6 heteroatoms. The van der Waals surface area contributed by atoms with E-state index in [0.717, 1.165) is 20.9 Å². The fourth-order valence-corrected chi connectivity index (χ4v) is 2.65. The lowest BCUT2D eigenvalue weighted by Gasteiger charge is -2.08. The minimum Gasteiger partial charge on any atom is -0.466 e. The highest BCUT2D eigenvalue weighted by Crippen LogP contribution is 2.29. The molecular formula is C13H17N3O2S. The molecule has 0 fully saturated rings. The molecule has 0 spiro atoms. The number of nitrogen functional groups attached to an aromatic ring is 1. The molecular weight excluding hydrogens is 262 g/mol. The van der Waals surface area contributed by atoms with Gasteiger partial charge in [-0.25, -0.2) is 4.98 Å². The third kappa shape index (κ3) is 3.35. The molecule has 3 N–H and O–H groups in total. The Morgan fingerprint density at radius 1 is 1.53 bits per heavy atom. The number of hydrogen-bond acceptors (Lipinski definition) is 6. The number of hydrogen-bond donors (Lipinski definition) is 2. The van der Waals surface area contributed by atoms with Gasteiger partial charge >= 0.3 is 5.97 Å². The molecule has 0 atom stereocenters. The Balaban J connectivity index is 2.03. The van der Waals surface area contributed by atoms with Crippen LogP contribution in [0.1, 0.15) is 18.4 Å². The van der Waals surface area contributed by atoms with Crippen molar-refractivity contribution in [2.24, 2.45) is 0 Å². The van der Waals surface area contributed by atoms with Gasteiger partial charge in [0.1, 0.15) is 0 Å². The van der Waals surface area contributed by atoms with E-state index in [4.69, 9.17) is 10.5 Å². The molecule has 1 aromatic heterocycles. The number of thiazole rings is 1. The second-order valence-corrected chi connectivity index (χ2v) is 5.36. The van der Waals surface area contributed by atoms with E-state index in [1.54, 1.807) is 18.3 Å². The van der Waals surface area contributed by atoms with Crippen molar-refractivity contribution >= 4 is 38.9 Å². The van der Waals surface area contributed by atoms with Crippen LogP contribution in [0.2, 0.25) is 0 Å². The van der Waals surface area contributed by atoms with Crippen LogP contribution in [-0.4, -0.2) is 24.1 Å². The smallest absolute Gasteiger partial charge is 0.307 e. The average molecular weight is 279 g/mol. The Hall–Kier alpha value is -1.82. The SMILES string of the molecule is CCOC(=O)CCNc1cc2nc(C)sc2cc1N. The summed E-state index contributed by atoms with van der Waals surface area (Å²) >= 11 is 1.62. The molecule has 1 aromatic carbocycles. The van der Waals surface area contributed by atoms with Crippen LogP contribution in [0.5, 0.6) is 0 Å². The standard InChI is InChI=1S/C13H17N3O2S/c1-3-18-13(17)4-5-15-10-7-11-12(6-9(10)14)19-8(2)16-11/h6-7,15H,3-5,14H2,1-2H3. The third-order valence-corrected chi connectivity index (χ3v) is 3.55. The largest absolute Gasteiger partial charge is 0.466 e. The molecule has 102 valence electrons. The van der Waals surface area contributed by atoms with Crippen LogP contribution < -0.4 is 11.1 Å².